The molecule has 0 aromatic heterocycles. The molecule has 0 radical (unpaired) electrons. The van der Waals surface area contributed by atoms with E-state index in [2.05, 4.69) is 5.32 Å². The van der Waals surface area contributed by atoms with Crippen LogP contribution in [0.25, 0.3) is 0 Å². The van der Waals surface area contributed by atoms with Gasteiger partial charge in [-0.15, -0.1) is 0 Å². The topological polar surface area (TPSA) is 95.6 Å². The summed E-state index contributed by atoms with van der Waals surface area (Å²) in [5, 5.41) is 20.6. The first-order valence-electron chi connectivity index (χ1n) is 5.13. The van der Waals surface area contributed by atoms with Gasteiger partial charge in [0.15, 0.2) is 0 Å². The summed E-state index contributed by atoms with van der Waals surface area (Å²) in [5.74, 6) is -2.09. The second-order valence-corrected chi connectivity index (χ2v) is 3.86. The Morgan fingerprint density at radius 1 is 1.59 bits per heavy atom. The number of benzene rings is 1. The van der Waals surface area contributed by atoms with Crippen molar-refractivity contribution in [2.75, 3.05) is 24.2 Å². The number of nitrogens with two attached hydrogens (primary N) is 1. The Bertz CT molecular complexity index is 423. The van der Waals surface area contributed by atoms with Crippen molar-refractivity contribution in [1.29, 1.82) is 0 Å². The minimum absolute atomic E-state index is 0.0217. The van der Waals surface area contributed by atoms with Crippen molar-refractivity contribution in [3.8, 4) is 0 Å². The maximum atomic E-state index is 13.1. The zero-order valence-electron chi connectivity index (χ0n) is 9.40. The van der Waals surface area contributed by atoms with Crippen LogP contribution in [-0.4, -0.2) is 29.3 Å². The largest absolute Gasteiger partial charge is 0.478 e. The second kappa shape index (κ2) is 5.49. The Morgan fingerprint density at radius 3 is 2.76 bits per heavy atom. The lowest BCUT2D eigenvalue weighted by molar-refractivity contribution is 0.0698. The summed E-state index contributed by atoms with van der Waals surface area (Å²) >= 11 is 0. The van der Waals surface area contributed by atoms with Crippen molar-refractivity contribution in [1.82, 2.24) is 0 Å². The second-order valence-electron chi connectivity index (χ2n) is 3.86. The standard InChI is InChI=1S/C11H15FN2O3/c1-6(5-15)4-14-8-3-2-7(12)10(13)9(8)11(16)17/h2-3,6,14-15H,4-5,13H2,1H3,(H,16,17). The third-order valence-corrected chi connectivity index (χ3v) is 2.36. The Morgan fingerprint density at radius 2 is 2.24 bits per heavy atom. The van der Waals surface area contributed by atoms with Gasteiger partial charge >= 0.3 is 5.97 Å². The molecule has 5 nitrogen and oxygen atoms in total. The van der Waals surface area contributed by atoms with Gasteiger partial charge < -0.3 is 21.3 Å². The van der Waals surface area contributed by atoms with Gasteiger partial charge in [-0.2, -0.15) is 0 Å². The van der Waals surface area contributed by atoms with Crippen LogP contribution in [0.15, 0.2) is 12.1 Å². The Labute approximate surface area is 98.1 Å². The fourth-order valence-electron chi connectivity index (χ4n) is 1.32. The smallest absolute Gasteiger partial charge is 0.340 e. The minimum Gasteiger partial charge on any atom is -0.478 e. The molecule has 0 amide bonds. The zero-order valence-corrected chi connectivity index (χ0v) is 9.40. The third kappa shape index (κ3) is 3.07. The van der Waals surface area contributed by atoms with Gasteiger partial charge in [0.25, 0.3) is 0 Å². The summed E-state index contributed by atoms with van der Waals surface area (Å²) in [6.45, 7) is 2.15. The Hall–Kier alpha value is -1.82. The van der Waals surface area contributed by atoms with E-state index in [0.29, 0.717) is 6.54 Å². The summed E-state index contributed by atoms with van der Waals surface area (Å²) < 4.78 is 13.1. The molecule has 0 heterocycles. The molecule has 0 saturated heterocycles. The fraction of sp³-hybridized carbons (Fsp3) is 0.364. The summed E-state index contributed by atoms with van der Waals surface area (Å²) in [7, 11) is 0. The molecule has 1 aromatic carbocycles. The van der Waals surface area contributed by atoms with Gasteiger partial charge in [0.05, 0.1) is 11.4 Å². The van der Waals surface area contributed by atoms with E-state index in [1.807, 2.05) is 0 Å². The molecule has 0 aliphatic rings. The van der Waals surface area contributed by atoms with Gasteiger partial charge in [0.1, 0.15) is 11.4 Å². The number of nitrogens with one attached hydrogen (secondary N) is 1. The van der Waals surface area contributed by atoms with E-state index in [1.165, 1.54) is 6.07 Å². The molecule has 1 aromatic rings. The van der Waals surface area contributed by atoms with Crippen molar-refractivity contribution < 1.29 is 19.4 Å². The molecule has 0 fully saturated rings. The Balaban J connectivity index is 2.99. The van der Waals surface area contributed by atoms with Crippen LogP contribution in [-0.2, 0) is 0 Å². The highest BCUT2D eigenvalue weighted by molar-refractivity contribution is 6.00. The number of hydrogen-bond acceptors (Lipinski definition) is 4. The molecular formula is C11H15FN2O3. The highest BCUT2D eigenvalue weighted by atomic mass is 19.1. The van der Waals surface area contributed by atoms with Crippen LogP contribution < -0.4 is 11.1 Å². The molecule has 0 aliphatic heterocycles. The molecule has 6 heteroatoms. The number of nitrogen functional groups attached to an aromatic ring is 1. The molecule has 0 spiro atoms. The van der Waals surface area contributed by atoms with E-state index >= 15 is 0 Å². The molecular weight excluding hydrogens is 227 g/mol. The number of halogens is 1. The van der Waals surface area contributed by atoms with Crippen LogP contribution in [0.1, 0.15) is 17.3 Å². The van der Waals surface area contributed by atoms with Crippen LogP contribution in [0.2, 0.25) is 0 Å². The Kier molecular flexibility index (Phi) is 4.28. The van der Waals surface area contributed by atoms with Crippen molar-refractivity contribution in [2.24, 2.45) is 5.92 Å². The van der Waals surface area contributed by atoms with Gasteiger partial charge in [-0.3, -0.25) is 0 Å². The molecule has 5 N–H and O–H groups in total. The number of anilines is 2. The third-order valence-electron chi connectivity index (χ3n) is 2.36. The first-order chi connectivity index (χ1) is 7.97. The monoisotopic (exact) mass is 242 g/mol. The van der Waals surface area contributed by atoms with Crippen molar-refractivity contribution in [2.45, 2.75) is 6.92 Å². The fourth-order valence-corrected chi connectivity index (χ4v) is 1.32. The van der Waals surface area contributed by atoms with E-state index < -0.39 is 11.8 Å². The lowest BCUT2D eigenvalue weighted by Crippen LogP contribution is -2.17. The van der Waals surface area contributed by atoms with Gasteiger partial charge in [-0.1, -0.05) is 6.92 Å². The first-order valence-corrected chi connectivity index (χ1v) is 5.13. The molecule has 0 saturated carbocycles. The van der Waals surface area contributed by atoms with Crippen molar-refractivity contribution >= 4 is 17.3 Å². The van der Waals surface area contributed by atoms with Crippen molar-refractivity contribution in [3.05, 3.63) is 23.5 Å². The zero-order chi connectivity index (χ0) is 13.0. The lowest BCUT2D eigenvalue weighted by Gasteiger charge is -2.14. The number of aliphatic hydroxyl groups is 1. The van der Waals surface area contributed by atoms with Crippen LogP contribution in [0.3, 0.4) is 0 Å². The van der Waals surface area contributed by atoms with Crippen LogP contribution in [0, 0.1) is 11.7 Å². The van der Waals surface area contributed by atoms with Gasteiger partial charge in [0, 0.05) is 13.2 Å². The summed E-state index contributed by atoms with van der Waals surface area (Å²) in [4.78, 5) is 11.0. The summed E-state index contributed by atoms with van der Waals surface area (Å²) in [6, 6.07) is 2.42. The van der Waals surface area contributed by atoms with Crippen molar-refractivity contribution in [3.63, 3.8) is 0 Å². The predicted octanol–water partition coefficient (Wildman–Crippen LogP) is 1.15. The number of rotatable bonds is 5. The highest BCUT2D eigenvalue weighted by Gasteiger charge is 2.17. The molecule has 1 unspecified atom stereocenters. The first kappa shape index (κ1) is 13.2. The normalized spacial score (nSPS) is 12.2. The molecule has 0 bridgehead atoms. The summed E-state index contributed by atoms with van der Waals surface area (Å²) in [6.07, 6.45) is 0. The maximum Gasteiger partial charge on any atom is 0.340 e. The predicted molar refractivity (Wildman–Crippen MR) is 62.5 cm³/mol. The molecule has 1 rings (SSSR count). The molecule has 0 aliphatic carbocycles. The van der Waals surface area contributed by atoms with Crippen LogP contribution >= 0.6 is 0 Å². The van der Waals surface area contributed by atoms with Gasteiger partial charge in [-0.25, -0.2) is 9.18 Å². The lowest BCUT2D eigenvalue weighted by atomic mass is 10.1. The van der Waals surface area contributed by atoms with E-state index in [9.17, 15) is 9.18 Å². The van der Waals surface area contributed by atoms with E-state index in [1.54, 1.807) is 6.92 Å². The number of carboxylic acid groups (broad SMARTS) is 1. The average Bonchev–Trinajstić information content (AvgIpc) is 2.29. The number of aromatic carboxylic acids is 1. The SMILES string of the molecule is CC(CO)CNc1ccc(F)c(N)c1C(=O)O. The quantitative estimate of drug-likeness (QED) is 0.581. The van der Waals surface area contributed by atoms with Gasteiger partial charge in [-0.05, 0) is 18.1 Å². The van der Waals surface area contributed by atoms with E-state index in [4.69, 9.17) is 15.9 Å². The van der Waals surface area contributed by atoms with Crippen LogP contribution in [0.4, 0.5) is 15.8 Å². The summed E-state index contributed by atoms with van der Waals surface area (Å²) in [5.41, 5.74) is 4.95. The van der Waals surface area contributed by atoms with Gasteiger partial charge in [0.2, 0.25) is 0 Å². The molecule has 17 heavy (non-hydrogen) atoms. The highest BCUT2D eigenvalue weighted by Crippen LogP contribution is 2.25. The maximum absolute atomic E-state index is 13.1. The number of aliphatic hydroxyl groups excluding tert-OH is 1. The molecule has 94 valence electrons. The van der Waals surface area contributed by atoms with Crippen LogP contribution in [0.5, 0.6) is 0 Å². The number of carbonyl (C=O) groups is 1. The average molecular weight is 242 g/mol. The van der Waals surface area contributed by atoms with E-state index in [-0.39, 0.29) is 29.5 Å². The number of hydrogen-bond donors (Lipinski definition) is 4. The minimum atomic E-state index is -1.29. The number of carboxylic acids is 1. The van der Waals surface area contributed by atoms with E-state index in [0.717, 1.165) is 6.07 Å². The molecule has 1 atom stereocenters.